The number of hydrogen-bond acceptors (Lipinski definition) is 3. The lowest BCUT2D eigenvalue weighted by atomic mass is 10.0. The molecular weight excluding hydrogens is 262 g/mol. The van der Waals surface area contributed by atoms with E-state index in [0.29, 0.717) is 6.61 Å². The Labute approximate surface area is 127 Å². The molecule has 21 heavy (non-hydrogen) atoms. The zero-order valence-corrected chi connectivity index (χ0v) is 13.0. The summed E-state index contributed by atoms with van der Waals surface area (Å²) in [6, 6.07) is 8.45. The van der Waals surface area contributed by atoms with Gasteiger partial charge in [-0.25, -0.2) is 0 Å². The molecule has 1 aromatic carbocycles. The SMILES string of the molecule is CC1(C)CCC(COc2ccc(C3=CCNCC3)cc2)O1. The van der Waals surface area contributed by atoms with Crippen LogP contribution in [0.1, 0.15) is 38.7 Å². The van der Waals surface area contributed by atoms with E-state index in [4.69, 9.17) is 9.47 Å². The lowest BCUT2D eigenvalue weighted by molar-refractivity contribution is -0.0326. The molecule has 3 heteroatoms. The van der Waals surface area contributed by atoms with Crippen molar-refractivity contribution < 1.29 is 9.47 Å². The molecule has 1 aromatic rings. The molecule has 2 aliphatic heterocycles. The standard InChI is InChI=1S/C18H25NO2/c1-18(2)10-7-17(21-18)13-20-16-5-3-14(4-6-16)15-8-11-19-12-9-15/h3-6,8,17,19H,7,9-13H2,1-2H3. The van der Waals surface area contributed by atoms with Gasteiger partial charge in [0.15, 0.2) is 0 Å². The Kier molecular flexibility index (Phi) is 4.32. The van der Waals surface area contributed by atoms with Crippen LogP contribution >= 0.6 is 0 Å². The Bertz CT molecular complexity index is 504. The highest BCUT2D eigenvalue weighted by atomic mass is 16.6. The molecule has 0 amide bonds. The minimum atomic E-state index is 0.0133. The third-order valence-electron chi connectivity index (χ3n) is 4.28. The van der Waals surface area contributed by atoms with E-state index >= 15 is 0 Å². The summed E-state index contributed by atoms with van der Waals surface area (Å²) in [7, 11) is 0. The number of hydrogen-bond donors (Lipinski definition) is 1. The summed E-state index contributed by atoms with van der Waals surface area (Å²) in [5.41, 5.74) is 2.75. The van der Waals surface area contributed by atoms with Crippen molar-refractivity contribution in [1.82, 2.24) is 5.32 Å². The average molecular weight is 287 g/mol. The van der Waals surface area contributed by atoms with Crippen LogP contribution in [0, 0.1) is 0 Å². The summed E-state index contributed by atoms with van der Waals surface area (Å²) in [5.74, 6) is 0.932. The molecule has 0 bridgehead atoms. The molecule has 0 spiro atoms. The number of rotatable bonds is 4. The third-order valence-corrected chi connectivity index (χ3v) is 4.28. The summed E-state index contributed by atoms with van der Waals surface area (Å²) in [6.07, 6.45) is 5.80. The van der Waals surface area contributed by atoms with E-state index in [1.54, 1.807) is 0 Å². The maximum absolute atomic E-state index is 5.95. The summed E-state index contributed by atoms with van der Waals surface area (Å²) in [5, 5.41) is 3.34. The molecule has 0 saturated carbocycles. The van der Waals surface area contributed by atoms with Crippen LogP contribution in [0.4, 0.5) is 0 Å². The fourth-order valence-electron chi connectivity index (χ4n) is 3.03. The number of nitrogens with one attached hydrogen (secondary N) is 1. The molecular formula is C18H25NO2. The zero-order valence-electron chi connectivity index (χ0n) is 13.0. The number of benzene rings is 1. The Morgan fingerprint density at radius 1 is 1.29 bits per heavy atom. The predicted octanol–water partition coefficient (Wildman–Crippen LogP) is 3.40. The zero-order chi connectivity index (χ0) is 14.7. The van der Waals surface area contributed by atoms with Crippen LogP contribution in [0.2, 0.25) is 0 Å². The van der Waals surface area contributed by atoms with Crippen LogP contribution in [0.3, 0.4) is 0 Å². The molecule has 0 radical (unpaired) electrons. The second-order valence-corrected chi connectivity index (χ2v) is 6.56. The quantitative estimate of drug-likeness (QED) is 0.920. The van der Waals surface area contributed by atoms with Gasteiger partial charge >= 0.3 is 0 Å². The van der Waals surface area contributed by atoms with Gasteiger partial charge < -0.3 is 14.8 Å². The molecule has 2 heterocycles. The Morgan fingerprint density at radius 3 is 2.71 bits per heavy atom. The van der Waals surface area contributed by atoms with Crippen molar-refractivity contribution in [2.24, 2.45) is 0 Å². The first-order valence-corrected chi connectivity index (χ1v) is 7.93. The van der Waals surface area contributed by atoms with Gasteiger partial charge in [-0.3, -0.25) is 0 Å². The minimum Gasteiger partial charge on any atom is -0.491 e. The minimum absolute atomic E-state index is 0.0133. The highest BCUT2D eigenvalue weighted by molar-refractivity contribution is 5.67. The van der Waals surface area contributed by atoms with Crippen molar-refractivity contribution in [3.05, 3.63) is 35.9 Å². The van der Waals surface area contributed by atoms with Gasteiger partial charge in [0.05, 0.1) is 11.7 Å². The molecule has 2 aliphatic rings. The molecule has 1 saturated heterocycles. The van der Waals surface area contributed by atoms with E-state index in [2.05, 4.69) is 49.5 Å². The van der Waals surface area contributed by atoms with Gasteiger partial charge in [0.2, 0.25) is 0 Å². The lowest BCUT2D eigenvalue weighted by Crippen LogP contribution is -2.23. The summed E-state index contributed by atoms with van der Waals surface area (Å²) >= 11 is 0. The molecule has 3 nitrogen and oxygen atoms in total. The maximum atomic E-state index is 5.95. The van der Waals surface area contributed by atoms with Gasteiger partial charge in [-0.1, -0.05) is 18.2 Å². The smallest absolute Gasteiger partial charge is 0.119 e. The van der Waals surface area contributed by atoms with Gasteiger partial charge in [-0.05, 0) is 62.9 Å². The van der Waals surface area contributed by atoms with E-state index in [0.717, 1.165) is 38.1 Å². The summed E-state index contributed by atoms with van der Waals surface area (Å²) in [6.45, 7) is 6.99. The Hall–Kier alpha value is -1.32. The molecule has 1 atom stereocenters. The molecule has 1 unspecified atom stereocenters. The highest BCUT2D eigenvalue weighted by Gasteiger charge is 2.31. The first-order chi connectivity index (χ1) is 10.1. The van der Waals surface area contributed by atoms with Crippen LogP contribution in [0.25, 0.3) is 5.57 Å². The van der Waals surface area contributed by atoms with Crippen LogP contribution in [0.15, 0.2) is 30.3 Å². The highest BCUT2D eigenvalue weighted by Crippen LogP contribution is 2.30. The fourth-order valence-corrected chi connectivity index (χ4v) is 3.03. The Morgan fingerprint density at radius 2 is 2.10 bits per heavy atom. The van der Waals surface area contributed by atoms with Crippen LogP contribution in [-0.2, 0) is 4.74 Å². The largest absolute Gasteiger partial charge is 0.491 e. The van der Waals surface area contributed by atoms with E-state index < -0.39 is 0 Å². The van der Waals surface area contributed by atoms with Crippen molar-refractivity contribution in [3.8, 4) is 5.75 Å². The second kappa shape index (κ2) is 6.20. The van der Waals surface area contributed by atoms with Crippen LogP contribution < -0.4 is 10.1 Å². The van der Waals surface area contributed by atoms with Crippen molar-refractivity contribution in [1.29, 1.82) is 0 Å². The topological polar surface area (TPSA) is 30.5 Å². The van der Waals surface area contributed by atoms with Crippen molar-refractivity contribution >= 4 is 5.57 Å². The lowest BCUT2D eigenvalue weighted by Gasteiger charge is -2.19. The number of ether oxygens (including phenoxy) is 2. The monoisotopic (exact) mass is 287 g/mol. The van der Waals surface area contributed by atoms with E-state index in [-0.39, 0.29) is 11.7 Å². The molecule has 0 aliphatic carbocycles. The van der Waals surface area contributed by atoms with Gasteiger partial charge in [-0.2, -0.15) is 0 Å². The maximum Gasteiger partial charge on any atom is 0.119 e. The van der Waals surface area contributed by atoms with E-state index in [1.807, 2.05) is 0 Å². The average Bonchev–Trinajstić information content (AvgIpc) is 2.86. The van der Waals surface area contributed by atoms with E-state index in [1.165, 1.54) is 11.1 Å². The molecule has 0 aromatic heterocycles. The van der Waals surface area contributed by atoms with Crippen molar-refractivity contribution in [3.63, 3.8) is 0 Å². The fraction of sp³-hybridized carbons (Fsp3) is 0.556. The van der Waals surface area contributed by atoms with Crippen molar-refractivity contribution in [2.75, 3.05) is 19.7 Å². The van der Waals surface area contributed by atoms with Gasteiger partial charge in [0, 0.05) is 6.54 Å². The first kappa shape index (κ1) is 14.6. The van der Waals surface area contributed by atoms with Crippen LogP contribution in [0.5, 0.6) is 5.75 Å². The molecule has 114 valence electrons. The first-order valence-electron chi connectivity index (χ1n) is 7.93. The van der Waals surface area contributed by atoms with Gasteiger partial charge in [-0.15, -0.1) is 0 Å². The summed E-state index contributed by atoms with van der Waals surface area (Å²) in [4.78, 5) is 0. The third kappa shape index (κ3) is 3.86. The van der Waals surface area contributed by atoms with Gasteiger partial charge in [0.25, 0.3) is 0 Å². The predicted molar refractivity (Wildman–Crippen MR) is 85.6 cm³/mol. The van der Waals surface area contributed by atoms with Crippen molar-refractivity contribution in [2.45, 2.75) is 44.8 Å². The second-order valence-electron chi connectivity index (χ2n) is 6.56. The normalized spacial score (nSPS) is 24.7. The van der Waals surface area contributed by atoms with Gasteiger partial charge in [0.1, 0.15) is 12.4 Å². The molecule has 1 fully saturated rings. The Balaban J connectivity index is 1.54. The molecule has 1 N–H and O–H groups in total. The van der Waals surface area contributed by atoms with Crippen LogP contribution in [-0.4, -0.2) is 31.4 Å². The van der Waals surface area contributed by atoms with E-state index in [9.17, 15) is 0 Å². The molecule has 3 rings (SSSR count). The summed E-state index contributed by atoms with van der Waals surface area (Å²) < 4.78 is 11.8.